The van der Waals surface area contributed by atoms with Gasteiger partial charge in [-0.3, -0.25) is 9.69 Å². The smallest absolute Gasteiger partial charge is 0.240 e. The summed E-state index contributed by atoms with van der Waals surface area (Å²) in [4.78, 5) is 17.8. The Hall–Kier alpha value is -0.610. The maximum absolute atomic E-state index is 13.1. The van der Waals surface area contributed by atoms with Crippen molar-refractivity contribution in [2.75, 3.05) is 26.2 Å². The van der Waals surface area contributed by atoms with Crippen molar-refractivity contribution in [2.45, 2.75) is 70.5 Å². The normalized spacial score (nSPS) is 36.1. The van der Waals surface area contributed by atoms with E-state index in [-0.39, 0.29) is 6.04 Å². The minimum Gasteiger partial charge on any atom is -0.338 e. The van der Waals surface area contributed by atoms with Crippen molar-refractivity contribution >= 4 is 5.91 Å². The summed E-state index contributed by atoms with van der Waals surface area (Å²) in [6.07, 6.45) is 7.12. The molecule has 0 aromatic rings. The van der Waals surface area contributed by atoms with E-state index < -0.39 is 0 Å². The van der Waals surface area contributed by atoms with E-state index in [1.54, 1.807) is 0 Å². The molecule has 0 spiro atoms. The number of amides is 1. The molecule has 3 unspecified atom stereocenters. The molecule has 3 fully saturated rings. The van der Waals surface area contributed by atoms with Gasteiger partial charge in [-0.25, -0.2) is 0 Å². The predicted octanol–water partition coefficient (Wildman–Crippen LogP) is 1.85. The van der Waals surface area contributed by atoms with Crippen LogP contribution in [0, 0.1) is 5.92 Å². The summed E-state index contributed by atoms with van der Waals surface area (Å²) in [5.41, 5.74) is 0. The second kappa shape index (κ2) is 6.66. The topological polar surface area (TPSA) is 35.6 Å². The van der Waals surface area contributed by atoms with Gasteiger partial charge in [0.15, 0.2) is 0 Å². The maximum atomic E-state index is 13.1. The first-order valence-corrected chi connectivity index (χ1v) is 8.95. The van der Waals surface area contributed by atoms with Crippen LogP contribution in [0.5, 0.6) is 0 Å². The largest absolute Gasteiger partial charge is 0.338 e. The van der Waals surface area contributed by atoms with Crippen LogP contribution in [-0.4, -0.2) is 60.0 Å². The first-order chi connectivity index (χ1) is 10.2. The summed E-state index contributed by atoms with van der Waals surface area (Å²) in [6.45, 7) is 8.85. The van der Waals surface area contributed by atoms with Crippen LogP contribution < -0.4 is 5.32 Å². The molecule has 1 N–H and O–H groups in total. The Bertz CT molecular complexity index is 367. The van der Waals surface area contributed by atoms with Gasteiger partial charge in [0.1, 0.15) is 0 Å². The van der Waals surface area contributed by atoms with E-state index in [4.69, 9.17) is 0 Å². The van der Waals surface area contributed by atoms with Crippen LogP contribution in [0.3, 0.4) is 0 Å². The maximum Gasteiger partial charge on any atom is 0.240 e. The molecular formula is C17H31N3O. The number of nitrogens with one attached hydrogen (secondary N) is 1. The van der Waals surface area contributed by atoms with Crippen LogP contribution in [-0.2, 0) is 4.79 Å². The molecule has 0 aromatic heterocycles. The Morgan fingerprint density at radius 3 is 2.48 bits per heavy atom. The zero-order valence-corrected chi connectivity index (χ0v) is 13.7. The number of rotatable bonds is 2. The molecular weight excluding hydrogens is 262 g/mol. The average Bonchev–Trinajstić information content (AvgIpc) is 3.00. The quantitative estimate of drug-likeness (QED) is 0.844. The Morgan fingerprint density at radius 1 is 1.00 bits per heavy atom. The molecule has 0 aromatic carbocycles. The van der Waals surface area contributed by atoms with Gasteiger partial charge in [-0.2, -0.15) is 0 Å². The number of nitrogens with zero attached hydrogens (tertiary/aromatic N) is 2. The van der Waals surface area contributed by atoms with Crippen LogP contribution >= 0.6 is 0 Å². The fourth-order valence-electron chi connectivity index (χ4n) is 4.47. The standard InChI is InChI=1S/C17H31N3O/c1-13-5-3-11-19(14(13)2)17(21)16-6-4-12-20(16)15-7-9-18-10-8-15/h13-16,18H,3-12H2,1-2H3. The molecule has 21 heavy (non-hydrogen) atoms. The van der Waals surface area contributed by atoms with Crippen molar-refractivity contribution < 1.29 is 4.79 Å². The lowest BCUT2D eigenvalue weighted by Crippen LogP contribution is -2.55. The molecule has 0 saturated carbocycles. The Kier molecular flexibility index (Phi) is 4.85. The fraction of sp³-hybridized carbons (Fsp3) is 0.941. The molecule has 120 valence electrons. The fourth-order valence-corrected chi connectivity index (χ4v) is 4.47. The molecule has 1 amide bonds. The second-order valence-corrected chi connectivity index (χ2v) is 7.27. The minimum absolute atomic E-state index is 0.167. The van der Waals surface area contributed by atoms with Crippen molar-refractivity contribution in [1.82, 2.24) is 15.1 Å². The summed E-state index contributed by atoms with van der Waals surface area (Å²) in [6, 6.07) is 1.21. The number of hydrogen-bond acceptors (Lipinski definition) is 3. The van der Waals surface area contributed by atoms with Gasteiger partial charge in [-0.05, 0) is 71.0 Å². The lowest BCUT2D eigenvalue weighted by Gasteiger charge is -2.42. The Balaban J connectivity index is 1.67. The zero-order valence-electron chi connectivity index (χ0n) is 13.7. The van der Waals surface area contributed by atoms with Gasteiger partial charge in [0, 0.05) is 18.6 Å². The predicted molar refractivity (Wildman–Crippen MR) is 85.2 cm³/mol. The summed E-state index contributed by atoms with van der Waals surface area (Å²) >= 11 is 0. The SMILES string of the molecule is CC1CCCN(C(=O)C2CCCN2C2CCNCC2)C1C. The zero-order chi connectivity index (χ0) is 14.8. The summed E-state index contributed by atoms with van der Waals surface area (Å²) < 4.78 is 0. The van der Waals surface area contributed by atoms with Gasteiger partial charge in [0.25, 0.3) is 0 Å². The highest BCUT2D eigenvalue weighted by molar-refractivity contribution is 5.82. The minimum atomic E-state index is 0.167. The van der Waals surface area contributed by atoms with Crippen molar-refractivity contribution in [1.29, 1.82) is 0 Å². The van der Waals surface area contributed by atoms with E-state index in [2.05, 4.69) is 29.0 Å². The van der Waals surface area contributed by atoms with E-state index >= 15 is 0 Å². The molecule has 3 heterocycles. The molecule has 0 radical (unpaired) electrons. The van der Waals surface area contributed by atoms with E-state index in [0.29, 0.717) is 23.9 Å². The van der Waals surface area contributed by atoms with Crippen LogP contribution in [0.1, 0.15) is 52.4 Å². The second-order valence-electron chi connectivity index (χ2n) is 7.27. The lowest BCUT2D eigenvalue weighted by atomic mass is 9.91. The molecule has 3 aliphatic rings. The third-order valence-electron chi connectivity index (χ3n) is 6.01. The van der Waals surface area contributed by atoms with Crippen molar-refractivity contribution in [3.8, 4) is 0 Å². The Morgan fingerprint density at radius 2 is 1.71 bits per heavy atom. The Labute approximate surface area is 129 Å². The summed E-state index contributed by atoms with van der Waals surface area (Å²) in [7, 11) is 0. The van der Waals surface area contributed by atoms with Crippen LogP contribution in [0.25, 0.3) is 0 Å². The van der Waals surface area contributed by atoms with Gasteiger partial charge in [-0.1, -0.05) is 6.92 Å². The highest BCUT2D eigenvalue weighted by atomic mass is 16.2. The third kappa shape index (κ3) is 3.11. The van der Waals surface area contributed by atoms with Gasteiger partial charge >= 0.3 is 0 Å². The number of carbonyl (C=O) groups is 1. The van der Waals surface area contributed by atoms with Crippen LogP contribution in [0.4, 0.5) is 0 Å². The monoisotopic (exact) mass is 293 g/mol. The molecule has 3 rings (SSSR count). The van der Waals surface area contributed by atoms with Gasteiger partial charge in [-0.15, -0.1) is 0 Å². The molecule has 0 bridgehead atoms. The van der Waals surface area contributed by atoms with E-state index in [9.17, 15) is 4.79 Å². The van der Waals surface area contributed by atoms with E-state index in [0.717, 1.165) is 32.6 Å². The van der Waals surface area contributed by atoms with E-state index in [1.165, 1.54) is 32.1 Å². The van der Waals surface area contributed by atoms with Crippen molar-refractivity contribution in [3.63, 3.8) is 0 Å². The highest BCUT2D eigenvalue weighted by Gasteiger charge is 2.40. The van der Waals surface area contributed by atoms with Gasteiger partial charge < -0.3 is 10.2 Å². The van der Waals surface area contributed by atoms with Gasteiger partial charge in [0.05, 0.1) is 6.04 Å². The van der Waals surface area contributed by atoms with Crippen molar-refractivity contribution in [3.05, 3.63) is 0 Å². The van der Waals surface area contributed by atoms with Crippen LogP contribution in [0.2, 0.25) is 0 Å². The van der Waals surface area contributed by atoms with Crippen molar-refractivity contribution in [2.24, 2.45) is 5.92 Å². The lowest BCUT2D eigenvalue weighted by molar-refractivity contribution is -0.141. The molecule has 4 heteroatoms. The first kappa shape index (κ1) is 15.3. The molecule has 3 atom stereocenters. The number of hydrogen-bond donors (Lipinski definition) is 1. The summed E-state index contributed by atoms with van der Waals surface area (Å²) in [5.74, 6) is 1.07. The van der Waals surface area contributed by atoms with E-state index in [1.807, 2.05) is 0 Å². The molecule has 4 nitrogen and oxygen atoms in total. The number of carbonyl (C=O) groups excluding carboxylic acids is 1. The average molecular weight is 293 g/mol. The summed E-state index contributed by atoms with van der Waals surface area (Å²) in [5, 5.41) is 3.44. The molecule has 0 aliphatic carbocycles. The van der Waals surface area contributed by atoms with Gasteiger partial charge in [0.2, 0.25) is 5.91 Å². The molecule has 3 saturated heterocycles. The number of likely N-dealkylation sites (tertiary alicyclic amines) is 2. The third-order valence-corrected chi connectivity index (χ3v) is 6.01. The number of piperidine rings is 2. The molecule has 3 aliphatic heterocycles. The van der Waals surface area contributed by atoms with Crippen LogP contribution in [0.15, 0.2) is 0 Å². The first-order valence-electron chi connectivity index (χ1n) is 8.95. The highest BCUT2D eigenvalue weighted by Crippen LogP contribution is 2.29.